The molecule has 0 aliphatic heterocycles. The molecule has 3 rings (SSSR count). The predicted octanol–water partition coefficient (Wildman–Crippen LogP) is 3.72. The first kappa shape index (κ1) is 19.4. The first-order valence-electron chi connectivity index (χ1n) is 8.46. The second-order valence-electron chi connectivity index (χ2n) is 5.63. The molecule has 0 amide bonds. The lowest BCUT2D eigenvalue weighted by molar-refractivity contribution is 0.510. The van der Waals surface area contributed by atoms with Crippen molar-refractivity contribution in [1.82, 2.24) is 15.6 Å². The molecule has 5 nitrogen and oxygen atoms in total. The van der Waals surface area contributed by atoms with Gasteiger partial charge in [-0.3, -0.25) is 4.99 Å². The summed E-state index contributed by atoms with van der Waals surface area (Å²) in [5.74, 6) is 1.82. The number of furan rings is 1. The number of aromatic amines is 1. The smallest absolute Gasteiger partial charge is 0.191 e. The summed E-state index contributed by atoms with van der Waals surface area (Å²) in [6.45, 7) is 4.47. The number of nitrogens with zero attached hydrogens (tertiary/aromatic N) is 1. The van der Waals surface area contributed by atoms with E-state index in [9.17, 15) is 0 Å². The van der Waals surface area contributed by atoms with Crippen molar-refractivity contribution in [3.05, 3.63) is 60.2 Å². The van der Waals surface area contributed by atoms with Crippen LogP contribution in [0.3, 0.4) is 0 Å². The average molecular weight is 452 g/mol. The van der Waals surface area contributed by atoms with E-state index in [1.807, 2.05) is 12.1 Å². The van der Waals surface area contributed by atoms with E-state index < -0.39 is 0 Å². The number of hydrogen-bond donors (Lipinski definition) is 3. The molecule has 6 heteroatoms. The van der Waals surface area contributed by atoms with Crippen molar-refractivity contribution < 1.29 is 4.42 Å². The molecule has 0 saturated heterocycles. The van der Waals surface area contributed by atoms with Crippen molar-refractivity contribution >= 4 is 40.8 Å². The SMILES string of the molecule is CCNC(=NCCc1ccco1)NCCc1c[nH]c2ccccc12.I. The fraction of sp³-hybridized carbons (Fsp3) is 0.316. The molecule has 2 aromatic heterocycles. The molecule has 0 saturated carbocycles. The number of halogens is 1. The number of fused-ring (bicyclic) bond motifs is 1. The number of aromatic nitrogens is 1. The first-order valence-corrected chi connectivity index (χ1v) is 8.46. The Morgan fingerprint density at radius 1 is 1.12 bits per heavy atom. The Kier molecular flexibility index (Phi) is 7.84. The van der Waals surface area contributed by atoms with Gasteiger partial charge in [-0.15, -0.1) is 24.0 Å². The zero-order chi connectivity index (χ0) is 16.6. The van der Waals surface area contributed by atoms with E-state index in [0.717, 1.165) is 37.7 Å². The highest BCUT2D eigenvalue weighted by atomic mass is 127. The van der Waals surface area contributed by atoms with Gasteiger partial charge in [0.1, 0.15) is 5.76 Å². The molecule has 0 unspecified atom stereocenters. The van der Waals surface area contributed by atoms with E-state index in [1.54, 1.807) is 6.26 Å². The maximum Gasteiger partial charge on any atom is 0.191 e. The van der Waals surface area contributed by atoms with Crippen LogP contribution in [0.5, 0.6) is 0 Å². The maximum absolute atomic E-state index is 5.33. The molecule has 0 bridgehead atoms. The van der Waals surface area contributed by atoms with Crippen LogP contribution in [0.15, 0.2) is 58.3 Å². The number of hydrogen-bond acceptors (Lipinski definition) is 2. The minimum Gasteiger partial charge on any atom is -0.469 e. The number of guanidine groups is 1. The number of nitrogens with one attached hydrogen (secondary N) is 3. The highest BCUT2D eigenvalue weighted by Crippen LogP contribution is 2.17. The zero-order valence-corrected chi connectivity index (χ0v) is 16.7. The summed E-state index contributed by atoms with van der Waals surface area (Å²) in [6.07, 6.45) is 5.55. The lowest BCUT2D eigenvalue weighted by Crippen LogP contribution is -2.38. The lowest BCUT2D eigenvalue weighted by Gasteiger charge is -2.10. The van der Waals surface area contributed by atoms with Gasteiger partial charge in [0.25, 0.3) is 0 Å². The average Bonchev–Trinajstić information content (AvgIpc) is 3.25. The third-order valence-corrected chi connectivity index (χ3v) is 3.91. The van der Waals surface area contributed by atoms with Crippen LogP contribution in [0.25, 0.3) is 10.9 Å². The van der Waals surface area contributed by atoms with Gasteiger partial charge in [-0.05, 0) is 37.1 Å². The number of H-pyrrole nitrogens is 1. The Morgan fingerprint density at radius 3 is 2.80 bits per heavy atom. The standard InChI is InChI=1S/C19H24N4O.HI/c1-2-20-19(22-12-10-16-6-5-13-24-16)21-11-9-15-14-23-18-8-4-3-7-17(15)18;/h3-8,13-14,23H,2,9-12H2,1H3,(H2,20,21,22);1H. The molecule has 134 valence electrons. The minimum atomic E-state index is 0. The monoisotopic (exact) mass is 452 g/mol. The Hall–Kier alpha value is -1.96. The third-order valence-electron chi connectivity index (χ3n) is 3.91. The van der Waals surface area contributed by atoms with E-state index >= 15 is 0 Å². The van der Waals surface area contributed by atoms with E-state index in [4.69, 9.17) is 4.42 Å². The van der Waals surface area contributed by atoms with Gasteiger partial charge in [-0.2, -0.15) is 0 Å². The molecule has 0 aliphatic carbocycles. The summed E-state index contributed by atoms with van der Waals surface area (Å²) in [4.78, 5) is 7.91. The summed E-state index contributed by atoms with van der Waals surface area (Å²) in [5.41, 5.74) is 2.51. The molecule has 0 radical (unpaired) electrons. The van der Waals surface area contributed by atoms with E-state index in [0.29, 0.717) is 6.54 Å². The number of aliphatic imine (C=N–C) groups is 1. The van der Waals surface area contributed by atoms with Crippen molar-refractivity contribution in [3.8, 4) is 0 Å². The maximum atomic E-state index is 5.33. The number of para-hydroxylation sites is 1. The highest BCUT2D eigenvalue weighted by Gasteiger charge is 2.03. The summed E-state index contributed by atoms with van der Waals surface area (Å²) in [6, 6.07) is 12.3. The second-order valence-corrected chi connectivity index (χ2v) is 5.63. The summed E-state index contributed by atoms with van der Waals surface area (Å²) in [7, 11) is 0. The minimum absolute atomic E-state index is 0. The van der Waals surface area contributed by atoms with Crippen molar-refractivity contribution in [3.63, 3.8) is 0 Å². The van der Waals surface area contributed by atoms with Gasteiger partial charge in [-0.25, -0.2) is 0 Å². The topological polar surface area (TPSA) is 65.3 Å². The van der Waals surface area contributed by atoms with Crippen molar-refractivity contribution in [2.24, 2.45) is 4.99 Å². The van der Waals surface area contributed by atoms with Crippen LogP contribution in [0.4, 0.5) is 0 Å². The molecule has 1 aromatic carbocycles. The van der Waals surface area contributed by atoms with E-state index in [2.05, 4.69) is 58.0 Å². The number of benzene rings is 1. The Labute approximate surface area is 165 Å². The van der Waals surface area contributed by atoms with Crippen molar-refractivity contribution in [2.75, 3.05) is 19.6 Å². The van der Waals surface area contributed by atoms with Crippen LogP contribution in [-0.2, 0) is 12.8 Å². The van der Waals surface area contributed by atoms with Gasteiger partial charge in [0.2, 0.25) is 0 Å². The molecule has 3 aromatic rings. The molecular weight excluding hydrogens is 427 g/mol. The van der Waals surface area contributed by atoms with Crippen LogP contribution < -0.4 is 10.6 Å². The Morgan fingerprint density at radius 2 is 2.00 bits per heavy atom. The van der Waals surface area contributed by atoms with Gasteiger partial charge in [0.05, 0.1) is 6.26 Å². The van der Waals surface area contributed by atoms with Crippen LogP contribution in [0, 0.1) is 0 Å². The quantitative estimate of drug-likeness (QED) is 0.291. The second kappa shape index (κ2) is 10.1. The fourth-order valence-corrected chi connectivity index (χ4v) is 2.73. The van der Waals surface area contributed by atoms with E-state index in [-0.39, 0.29) is 24.0 Å². The predicted molar refractivity (Wildman–Crippen MR) is 114 cm³/mol. The van der Waals surface area contributed by atoms with Gasteiger partial charge in [0.15, 0.2) is 5.96 Å². The van der Waals surface area contributed by atoms with Crippen molar-refractivity contribution in [1.29, 1.82) is 0 Å². The summed E-state index contributed by atoms with van der Waals surface area (Å²) >= 11 is 0. The fourth-order valence-electron chi connectivity index (χ4n) is 2.73. The molecule has 25 heavy (non-hydrogen) atoms. The first-order chi connectivity index (χ1) is 11.9. The molecule has 0 atom stereocenters. The van der Waals surface area contributed by atoms with Gasteiger partial charge in [-0.1, -0.05) is 18.2 Å². The molecule has 3 N–H and O–H groups in total. The van der Waals surface area contributed by atoms with Crippen molar-refractivity contribution in [2.45, 2.75) is 19.8 Å². The molecule has 0 spiro atoms. The zero-order valence-electron chi connectivity index (χ0n) is 14.4. The normalized spacial score (nSPS) is 11.3. The molecular formula is C19H25IN4O. The summed E-state index contributed by atoms with van der Waals surface area (Å²) < 4.78 is 5.33. The Balaban J connectivity index is 0.00000225. The Bertz CT molecular complexity index is 780. The van der Waals surface area contributed by atoms with Gasteiger partial charge >= 0.3 is 0 Å². The summed E-state index contributed by atoms with van der Waals surface area (Å²) in [5, 5.41) is 7.97. The third kappa shape index (κ3) is 5.52. The lowest BCUT2D eigenvalue weighted by atomic mass is 10.1. The molecule has 0 fully saturated rings. The van der Waals surface area contributed by atoms with Gasteiger partial charge in [0, 0.05) is 43.2 Å². The molecule has 0 aliphatic rings. The largest absolute Gasteiger partial charge is 0.469 e. The van der Waals surface area contributed by atoms with Gasteiger partial charge < -0.3 is 20.0 Å². The van der Waals surface area contributed by atoms with Crippen LogP contribution in [0.2, 0.25) is 0 Å². The van der Waals surface area contributed by atoms with E-state index in [1.165, 1.54) is 16.5 Å². The van der Waals surface area contributed by atoms with Crippen LogP contribution in [-0.4, -0.2) is 30.6 Å². The van der Waals surface area contributed by atoms with Crippen LogP contribution in [0.1, 0.15) is 18.2 Å². The molecule has 2 heterocycles. The number of rotatable bonds is 7. The highest BCUT2D eigenvalue weighted by molar-refractivity contribution is 14.0. The van der Waals surface area contributed by atoms with Crippen LogP contribution >= 0.6 is 24.0 Å².